The van der Waals surface area contributed by atoms with E-state index in [2.05, 4.69) is 32.5 Å². The Balaban J connectivity index is 2.38. The number of nitrogens with two attached hydrogens (primary N) is 1. The van der Waals surface area contributed by atoms with Crippen LogP contribution in [0.3, 0.4) is 0 Å². The van der Waals surface area contributed by atoms with Crippen LogP contribution in [0.4, 0.5) is 0 Å². The number of hydrogen-bond acceptors (Lipinski definition) is 2. The average Bonchev–Trinajstić information content (AvgIpc) is 2.16. The lowest BCUT2D eigenvalue weighted by Crippen LogP contribution is -2.39. The Labute approximate surface area is 93.2 Å². The molecule has 0 aromatic carbocycles. The summed E-state index contributed by atoms with van der Waals surface area (Å²) in [6.45, 7) is 6.95. The van der Waals surface area contributed by atoms with Crippen LogP contribution in [0.5, 0.6) is 0 Å². The van der Waals surface area contributed by atoms with Gasteiger partial charge in [0.15, 0.2) is 0 Å². The molecule has 2 heteroatoms. The van der Waals surface area contributed by atoms with Gasteiger partial charge in [0.1, 0.15) is 0 Å². The molecule has 3 unspecified atom stereocenters. The Kier molecular flexibility index (Phi) is 5.32. The van der Waals surface area contributed by atoms with Crippen LogP contribution in [0, 0.1) is 11.8 Å². The Morgan fingerprint density at radius 2 is 2.07 bits per heavy atom. The number of thioether (sulfide) groups is 1. The summed E-state index contributed by atoms with van der Waals surface area (Å²) in [7, 11) is 0. The van der Waals surface area contributed by atoms with Crippen LogP contribution in [-0.2, 0) is 0 Å². The Morgan fingerprint density at radius 1 is 1.36 bits per heavy atom. The molecular formula is C12H25NS. The molecule has 1 nitrogen and oxygen atoms in total. The Bertz CT molecular complexity index is 158. The molecule has 2 N–H and O–H groups in total. The molecule has 0 aromatic rings. The van der Waals surface area contributed by atoms with E-state index in [1.54, 1.807) is 0 Å². The van der Waals surface area contributed by atoms with E-state index in [0.29, 0.717) is 6.04 Å². The highest BCUT2D eigenvalue weighted by atomic mass is 32.2. The van der Waals surface area contributed by atoms with Gasteiger partial charge in [0.25, 0.3) is 0 Å². The summed E-state index contributed by atoms with van der Waals surface area (Å²) in [5.41, 5.74) is 6.16. The molecular weight excluding hydrogens is 190 g/mol. The second-order valence-corrected chi connectivity index (χ2v) is 6.24. The van der Waals surface area contributed by atoms with E-state index in [1.165, 1.54) is 31.4 Å². The van der Waals surface area contributed by atoms with Crippen molar-refractivity contribution in [3.8, 4) is 0 Å². The molecule has 84 valence electrons. The minimum absolute atomic E-state index is 0.460. The van der Waals surface area contributed by atoms with Crippen molar-refractivity contribution in [1.82, 2.24) is 0 Å². The summed E-state index contributed by atoms with van der Waals surface area (Å²) in [4.78, 5) is 0. The first-order valence-corrected chi connectivity index (χ1v) is 7.07. The van der Waals surface area contributed by atoms with Crippen molar-refractivity contribution >= 4 is 11.8 Å². The zero-order valence-electron chi connectivity index (χ0n) is 9.83. The van der Waals surface area contributed by atoms with Gasteiger partial charge in [0.2, 0.25) is 0 Å². The van der Waals surface area contributed by atoms with Crippen LogP contribution < -0.4 is 5.73 Å². The summed E-state index contributed by atoms with van der Waals surface area (Å²) >= 11 is 2.10. The number of rotatable bonds is 4. The van der Waals surface area contributed by atoms with Gasteiger partial charge in [0, 0.05) is 11.3 Å². The van der Waals surface area contributed by atoms with Crippen LogP contribution in [0.25, 0.3) is 0 Å². The van der Waals surface area contributed by atoms with Crippen LogP contribution in [-0.4, -0.2) is 17.0 Å². The SMILES string of the molecule is CCCSC1CC(C(C)C)CCC1N. The third-order valence-corrected chi connectivity index (χ3v) is 4.98. The first-order valence-electron chi connectivity index (χ1n) is 6.02. The largest absolute Gasteiger partial charge is 0.327 e. The molecule has 1 aliphatic carbocycles. The Hall–Kier alpha value is 0.310. The van der Waals surface area contributed by atoms with Crippen LogP contribution in [0.1, 0.15) is 46.5 Å². The van der Waals surface area contributed by atoms with Crippen LogP contribution >= 0.6 is 11.8 Å². The molecule has 0 aromatic heterocycles. The first-order chi connectivity index (χ1) is 6.65. The highest BCUT2D eigenvalue weighted by molar-refractivity contribution is 7.99. The number of hydrogen-bond donors (Lipinski definition) is 1. The highest BCUT2D eigenvalue weighted by Gasteiger charge is 2.29. The van der Waals surface area contributed by atoms with Crippen LogP contribution in [0.15, 0.2) is 0 Å². The minimum atomic E-state index is 0.460. The van der Waals surface area contributed by atoms with Gasteiger partial charge in [-0.3, -0.25) is 0 Å². The molecule has 3 atom stereocenters. The molecule has 14 heavy (non-hydrogen) atoms. The summed E-state index contributed by atoms with van der Waals surface area (Å²) in [6, 6.07) is 0.460. The van der Waals surface area contributed by atoms with Crippen molar-refractivity contribution in [2.75, 3.05) is 5.75 Å². The summed E-state index contributed by atoms with van der Waals surface area (Å²) in [5, 5.41) is 0.732. The lowest BCUT2D eigenvalue weighted by molar-refractivity contribution is 0.266. The predicted octanol–water partition coefficient (Wildman–Crippen LogP) is 3.28. The maximum atomic E-state index is 6.16. The highest BCUT2D eigenvalue weighted by Crippen LogP contribution is 2.35. The minimum Gasteiger partial charge on any atom is -0.327 e. The van der Waals surface area contributed by atoms with Crippen molar-refractivity contribution in [2.24, 2.45) is 17.6 Å². The summed E-state index contributed by atoms with van der Waals surface area (Å²) in [5.74, 6) is 3.04. The lowest BCUT2D eigenvalue weighted by atomic mass is 9.79. The van der Waals surface area contributed by atoms with Gasteiger partial charge in [-0.05, 0) is 43.3 Å². The summed E-state index contributed by atoms with van der Waals surface area (Å²) < 4.78 is 0. The fourth-order valence-corrected chi connectivity index (χ4v) is 3.55. The van der Waals surface area contributed by atoms with Gasteiger partial charge in [-0.25, -0.2) is 0 Å². The summed E-state index contributed by atoms with van der Waals surface area (Å²) in [6.07, 6.45) is 5.22. The predicted molar refractivity (Wildman–Crippen MR) is 66.7 cm³/mol. The first kappa shape index (κ1) is 12.4. The molecule has 1 saturated carbocycles. The molecule has 0 aliphatic heterocycles. The molecule has 0 radical (unpaired) electrons. The normalized spacial score (nSPS) is 33.6. The van der Waals surface area contributed by atoms with E-state index in [9.17, 15) is 0 Å². The van der Waals surface area contributed by atoms with Gasteiger partial charge in [0.05, 0.1) is 0 Å². The van der Waals surface area contributed by atoms with Crippen molar-refractivity contribution in [3.05, 3.63) is 0 Å². The van der Waals surface area contributed by atoms with Gasteiger partial charge in [-0.2, -0.15) is 11.8 Å². The second kappa shape index (κ2) is 6.02. The zero-order chi connectivity index (χ0) is 10.6. The van der Waals surface area contributed by atoms with Crippen molar-refractivity contribution in [3.63, 3.8) is 0 Å². The van der Waals surface area contributed by atoms with Gasteiger partial charge >= 0.3 is 0 Å². The molecule has 1 aliphatic rings. The molecule has 0 spiro atoms. The van der Waals surface area contributed by atoms with E-state index >= 15 is 0 Å². The van der Waals surface area contributed by atoms with E-state index in [-0.39, 0.29) is 0 Å². The quantitative estimate of drug-likeness (QED) is 0.779. The van der Waals surface area contributed by atoms with Crippen molar-refractivity contribution in [2.45, 2.75) is 57.7 Å². The van der Waals surface area contributed by atoms with Gasteiger partial charge < -0.3 is 5.73 Å². The topological polar surface area (TPSA) is 26.0 Å². The van der Waals surface area contributed by atoms with Gasteiger partial charge in [-0.1, -0.05) is 20.8 Å². The fourth-order valence-electron chi connectivity index (χ4n) is 2.25. The standard InChI is InChI=1S/C12H25NS/c1-4-7-14-12-8-10(9(2)3)5-6-11(12)13/h9-12H,4-8,13H2,1-3H3. The molecule has 1 rings (SSSR count). The fraction of sp³-hybridized carbons (Fsp3) is 1.00. The monoisotopic (exact) mass is 215 g/mol. The zero-order valence-corrected chi connectivity index (χ0v) is 10.6. The van der Waals surface area contributed by atoms with Gasteiger partial charge in [-0.15, -0.1) is 0 Å². The van der Waals surface area contributed by atoms with Crippen LogP contribution in [0.2, 0.25) is 0 Å². The smallest absolute Gasteiger partial charge is 0.0201 e. The molecule has 1 fully saturated rings. The van der Waals surface area contributed by atoms with E-state index in [1.807, 2.05) is 0 Å². The van der Waals surface area contributed by atoms with Crippen molar-refractivity contribution < 1.29 is 0 Å². The van der Waals surface area contributed by atoms with E-state index in [4.69, 9.17) is 5.73 Å². The molecule has 0 heterocycles. The third kappa shape index (κ3) is 3.47. The maximum Gasteiger partial charge on any atom is 0.0201 e. The average molecular weight is 215 g/mol. The van der Waals surface area contributed by atoms with E-state index in [0.717, 1.165) is 17.1 Å². The maximum absolute atomic E-state index is 6.16. The Morgan fingerprint density at radius 3 is 2.64 bits per heavy atom. The lowest BCUT2D eigenvalue weighted by Gasteiger charge is -2.35. The molecule has 0 saturated heterocycles. The third-order valence-electron chi connectivity index (χ3n) is 3.36. The molecule has 0 amide bonds. The van der Waals surface area contributed by atoms with E-state index < -0.39 is 0 Å². The second-order valence-electron chi connectivity index (χ2n) is 4.89. The van der Waals surface area contributed by atoms with Crippen molar-refractivity contribution in [1.29, 1.82) is 0 Å². The molecule has 0 bridgehead atoms.